The summed E-state index contributed by atoms with van der Waals surface area (Å²) in [5.74, 6) is -1.52. The van der Waals surface area contributed by atoms with Crippen LogP contribution in [0.4, 0.5) is 4.79 Å². The number of hydrogen-bond acceptors (Lipinski definition) is 6. The molecule has 1 saturated heterocycles. The first-order chi connectivity index (χ1) is 14.7. The maximum Gasteiger partial charge on any atom is 0.344 e. The Kier molecular flexibility index (Phi) is 6.05. The molecular formula is C20H19N5O5S. The van der Waals surface area contributed by atoms with Gasteiger partial charge >= 0.3 is 6.03 Å². The number of hydrogen-bond donors (Lipinski definition) is 3. The summed E-state index contributed by atoms with van der Waals surface area (Å²) in [6.07, 6.45) is -0.00816. The average Bonchev–Trinajstić information content (AvgIpc) is 2.98. The van der Waals surface area contributed by atoms with Gasteiger partial charge in [0.15, 0.2) is 0 Å². The van der Waals surface area contributed by atoms with E-state index in [4.69, 9.17) is 5.26 Å². The zero-order valence-electron chi connectivity index (χ0n) is 16.5. The number of carbonyl (C=O) groups excluding carboxylic acids is 3. The Labute approximate surface area is 178 Å². The number of sulfonamides is 1. The molecule has 0 spiro atoms. The average molecular weight is 441 g/mol. The van der Waals surface area contributed by atoms with E-state index in [-0.39, 0.29) is 23.4 Å². The van der Waals surface area contributed by atoms with Crippen LogP contribution in [0, 0.1) is 11.3 Å². The lowest BCUT2D eigenvalue weighted by molar-refractivity contribution is -0.132. The molecule has 1 unspecified atom stereocenters. The lowest BCUT2D eigenvalue weighted by atomic mass is 9.92. The van der Waals surface area contributed by atoms with Crippen molar-refractivity contribution in [3.8, 4) is 6.07 Å². The van der Waals surface area contributed by atoms with E-state index < -0.39 is 33.4 Å². The van der Waals surface area contributed by atoms with Crippen molar-refractivity contribution in [3.63, 3.8) is 0 Å². The molecule has 0 aromatic heterocycles. The number of nitrogens with one attached hydrogen (secondary N) is 3. The number of nitriles is 1. The minimum atomic E-state index is -3.93. The Morgan fingerprint density at radius 3 is 2.55 bits per heavy atom. The minimum absolute atomic E-state index is 0.00816. The van der Waals surface area contributed by atoms with Crippen molar-refractivity contribution in [1.29, 1.82) is 5.26 Å². The molecule has 160 valence electrons. The van der Waals surface area contributed by atoms with Gasteiger partial charge in [0.1, 0.15) is 5.54 Å². The molecule has 1 atom stereocenters. The normalized spacial score (nSPS) is 18.4. The first-order valence-electron chi connectivity index (χ1n) is 9.19. The highest BCUT2D eigenvalue weighted by molar-refractivity contribution is 7.89. The number of benzene rings is 2. The second-order valence-corrected chi connectivity index (χ2v) is 8.60. The minimum Gasteiger partial charge on any atom is -0.318 e. The van der Waals surface area contributed by atoms with E-state index in [1.807, 2.05) is 6.07 Å². The van der Waals surface area contributed by atoms with Crippen molar-refractivity contribution in [2.75, 3.05) is 6.54 Å². The maximum atomic E-state index is 12.9. The number of urea groups is 1. The van der Waals surface area contributed by atoms with Crippen LogP contribution in [0.1, 0.15) is 29.3 Å². The lowest BCUT2D eigenvalue weighted by Gasteiger charge is -2.22. The van der Waals surface area contributed by atoms with E-state index >= 15 is 0 Å². The third kappa shape index (κ3) is 4.40. The predicted molar refractivity (Wildman–Crippen MR) is 108 cm³/mol. The number of nitrogens with zero attached hydrogens (tertiary/aromatic N) is 2. The van der Waals surface area contributed by atoms with E-state index in [0.29, 0.717) is 10.6 Å². The summed E-state index contributed by atoms with van der Waals surface area (Å²) in [5.41, 5.74) is 1.34. The van der Waals surface area contributed by atoms with Gasteiger partial charge in [-0.2, -0.15) is 10.3 Å². The molecule has 3 rings (SSSR count). The maximum absolute atomic E-state index is 12.9. The van der Waals surface area contributed by atoms with Gasteiger partial charge < -0.3 is 5.32 Å². The van der Waals surface area contributed by atoms with Crippen LogP contribution in [-0.4, -0.2) is 37.8 Å². The van der Waals surface area contributed by atoms with Gasteiger partial charge in [-0.15, -0.1) is 0 Å². The first-order valence-corrected chi connectivity index (χ1v) is 10.7. The number of imide groups is 1. The van der Waals surface area contributed by atoms with Crippen LogP contribution in [0.2, 0.25) is 0 Å². The fourth-order valence-corrected chi connectivity index (χ4v) is 4.08. The topological polar surface area (TPSA) is 148 Å². The highest BCUT2D eigenvalue weighted by Crippen LogP contribution is 2.27. The molecule has 1 fully saturated rings. The van der Waals surface area contributed by atoms with E-state index in [1.54, 1.807) is 30.3 Å². The highest BCUT2D eigenvalue weighted by Gasteiger charge is 2.50. The number of rotatable bonds is 7. The summed E-state index contributed by atoms with van der Waals surface area (Å²) >= 11 is 0. The van der Waals surface area contributed by atoms with Gasteiger partial charge in [-0.3, -0.25) is 15.0 Å². The summed E-state index contributed by atoms with van der Waals surface area (Å²) in [5, 5.41) is 11.7. The SMILES string of the molecule is CC1(c2ccccc2)NC(=O)N(NC(=O)c2cccc(S(=O)(=O)NCCC#N)c2)C1=O. The van der Waals surface area contributed by atoms with Gasteiger partial charge in [-0.25, -0.2) is 17.9 Å². The molecule has 4 amide bonds. The Balaban J connectivity index is 1.79. The molecule has 10 nitrogen and oxygen atoms in total. The smallest absolute Gasteiger partial charge is 0.318 e. The lowest BCUT2D eigenvalue weighted by Crippen LogP contribution is -2.47. The summed E-state index contributed by atoms with van der Waals surface area (Å²) in [7, 11) is -3.93. The fraction of sp³-hybridized carbons (Fsp3) is 0.200. The van der Waals surface area contributed by atoms with Crippen LogP contribution in [0.3, 0.4) is 0 Å². The Morgan fingerprint density at radius 2 is 1.87 bits per heavy atom. The molecule has 31 heavy (non-hydrogen) atoms. The molecule has 0 saturated carbocycles. The Hall–Kier alpha value is -3.75. The van der Waals surface area contributed by atoms with E-state index in [0.717, 1.165) is 6.07 Å². The third-order valence-electron chi connectivity index (χ3n) is 4.69. The Bertz CT molecular complexity index is 1180. The van der Waals surface area contributed by atoms with Crippen molar-refractivity contribution in [1.82, 2.24) is 20.5 Å². The third-order valence-corrected chi connectivity index (χ3v) is 6.15. The van der Waals surface area contributed by atoms with Gasteiger partial charge in [-0.05, 0) is 30.7 Å². The molecule has 0 bridgehead atoms. The summed E-state index contributed by atoms with van der Waals surface area (Å²) in [6, 6.07) is 14.7. The summed E-state index contributed by atoms with van der Waals surface area (Å²) < 4.78 is 26.8. The zero-order chi connectivity index (χ0) is 22.6. The number of carbonyl (C=O) groups is 3. The zero-order valence-corrected chi connectivity index (χ0v) is 17.3. The molecule has 0 radical (unpaired) electrons. The van der Waals surface area contributed by atoms with Crippen LogP contribution in [0.25, 0.3) is 0 Å². The molecule has 0 aliphatic carbocycles. The van der Waals surface area contributed by atoms with Crippen molar-refractivity contribution in [2.45, 2.75) is 23.8 Å². The van der Waals surface area contributed by atoms with Crippen LogP contribution in [-0.2, 0) is 20.4 Å². The molecule has 1 heterocycles. The van der Waals surface area contributed by atoms with Crippen molar-refractivity contribution >= 4 is 27.9 Å². The van der Waals surface area contributed by atoms with E-state index in [2.05, 4.69) is 15.5 Å². The molecule has 1 aliphatic rings. The second kappa shape index (κ2) is 8.55. The second-order valence-electron chi connectivity index (χ2n) is 6.84. The van der Waals surface area contributed by atoms with Crippen LogP contribution < -0.4 is 15.5 Å². The van der Waals surface area contributed by atoms with E-state index in [9.17, 15) is 22.8 Å². The molecule has 11 heteroatoms. The van der Waals surface area contributed by atoms with Crippen molar-refractivity contribution in [3.05, 3.63) is 65.7 Å². The summed E-state index contributed by atoms with van der Waals surface area (Å²) in [4.78, 5) is 37.7. The van der Waals surface area contributed by atoms with Crippen molar-refractivity contribution < 1.29 is 22.8 Å². The van der Waals surface area contributed by atoms with Crippen LogP contribution in [0.5, 0.6) is 0 Å². The summed E-state index contributed by atoms with van der Waals surface area (Å²) in [6.45, 7) is 1.45. The van der Waals surface area contributed by atoms with Gasteiger partial charge in [0.2, 0.25) is 10.0 Å². The number of amides is 4. The fourth-order valence-electron chi connectivity index (χ4n) is 3.00. The monoisotopic (exact) mass is 441 g/mol. The van der Waals surface area contributed by atoms with Crippen LogP contribution >= 0.6 is 0 Å². The number of hydrazine groups is 1. The molecule has 2 aromatic carbocycles. The predicted octanol–water partition coefficient (Wildman–Crippen LogP) is 0.991. The van der Waals surface area contributed by atoms with Gasteiger partial charge in [0.25, 0.3) is 11.8 Å². The molecular weight excluding hydrogens is 422 g/mol. The van der Waals surface area contributed by atoms with E-state index in [1.165, 1.54) is 25.1 Å². The standard InChI is InChI=1S/C20H19N5O5S/c1-20(15-8-3-2-4-9-15)18(27)25(19(28)23-20)24-17(26)14-7-5-10-16(13-14)31(29,30)22-12-6-11-21/h2-5,7-10,13,22H,6,12H2,1H3,(H,23,28)(H,24,26). The highest BCUT2D eigenvalue weighted by atomic mass is 32.2. The quantitative estimate of drug-likeness (QED) is 0.431. The van der Waals surface area contributed by atoms with Gasteiger partial charge in [0, 0.05) is 18.5 Å². The van der Waals surface area contributed by atoms with Crippen LogP contribution in [0.15, 0.2) is 59.5 Å². The van der Waals surface area contributed by atoms with Gasteiger partial charge in [0.05, 0.1) is 11.0 Å². The van der Waals surface area contributed by atoms with Gasteiger partial charge in [-0.1, -0.05) is 36.4 Å². The molecule has 1 aliphatic heterocycles. The molecule has 3 N–H and O–H groups in total. The molecule has 2 aromatic rings. The Morgan fingerprint density at radius 1 is 1.16 bits per heavy atom. The van der Waals surface area contributed by atoms with Crippen molar-refractivity contribution in [2.24, 2.45) is 0 Å². The first kappa shape index (κ1) is 21.9. The largest absolute Gasteiger partial charge is 0.344 e.